The van der Waals surface area contributed by atoms with Crippen LogP contribution in [0.4, 0.5) is 0 Å². The Morgan fingerprint density at radius 3 is 2.68 bits per heavy atom. The van der Waals surface area contributed by atoms with E-state index >= 15 is 0 Å². The van der Waals surface area contributed by atoms with Crippen LogP contribution in [0.3, 0.4) is 0 Å². The number of sulfone groups is 1. The molecular formula is C17H24N4O3S. The zero-order valence-corrected chi connectivity index (χ0v) is 15.7. The molecule has 0 aromatic carbocycles. The van der Waals surface area contributed by atoms with Crippen LogP contribution in [0.25, 0.3) is 11.6 Å². The molecule has 4 rings (SSSR count). The van der Waals surface area contributed by atoms with Crippen LogP contribution in [0, 0.1) is 0 Å². The van der Waals surface area contributed by atoms with Crippen molar-refractivity contribution in [2.75, 3.05) is 25.6 Å². The van der Waals surface area contributed by atoms with Crippen molar-refractivity contribution >= 4 is 9.84 Å². The second kappa shape index (κ2) is 5.67. The van der Waals surface area contributed by atoms with E-state index in [0.717, 1.165) is 18.7 Å². The fraction of sp³-hybridized carbons (Fsp3) is 0.647. The average Bonchev–Trinajstić information content (AvgIpc) is 3.16. The summed E-state index contributed by atoms with van der Waals surface area (Å²) in [6.45, 7) is 1.98. The topological polar surface area (TPSA) is 81.2 Å². The van der Waals surface area contributed by atoms with Gasteiger partial charge in [-0.25, -0.2) is 18.1 Å². The fourth-order valence-electron chi connectivity index (χ4n) is 3.88. The van der Waals surface area contributed by atoms with Crippen molar-refractivity contribution in [1.29, 1.82) is 0 Å². The van der Waals surface area contributed by atoms with Crippen molar-refractivity contribution in [3.05, 3.63) is 24.2 Å². The summed E-state index contributed by atoms with van der Waals surface area (Å²) < 4.78 is 31.5. The Hall–Kier alpha value is -1.67. The van der Waals surface area contributed by atoms with E-state index in [1.807, 2.05) is 23.7 Å². The standard InChI is InChI=1S/C17H24N4O3S/c1-17(6-8-25(22,23)11-17)21-16(12-9-13(10-12)20(2)3)18-15(19-21)14-5-4-7-24-14/h4-5,7,12-13H,6,8-11H2,1-3H3. The molecule has 0 radical (unpaired) electrons. The summed E-state index contributed by atoms with van der Waals surface area (Å²) >= 11 is 0. The third-order valence-electron chi connectivity index (χ3n) is 5.58. The van der Waals surface area contributed by atoms with E-state index in [1.54, 1.807) is 6.26 Å². The van der Waals surface area contributed by atoms with E-state index in [-0.39, 0.29) is 11.5 Å². The first-order valence-electron chi connectivity index (χ1n) is 8.66. The van der Waals surface area contributed by atoms with E-state index in [4.69, 9.17) is 9.40 Å². The van der Waals surface area contributed by atoms with Crippen LogP contribution in [-0.4, -0.2) is 59.7 Å². The van der Waals surface area contributed by atoms with Crippen molar-refractivity contribution in [3.63, 3.8) is 0 Å². The Labute approximate surface area is 147 Å². The lowest BCUT2D eigenvalue weighted by Gasteiger charge is -2.40. The lowest BCUT2D eigenvalue weighted by Crippen LogP contribution is -2.42. The van der Waals surface area contributed by atoms with Gasteiger partial charge in [-0.1, -0.05) is 0 Å². The van der Waals surface area contributed by atoms with Gasteiger partial charge in [0.25, 0.3) is 0 Å². The van der Waals surface area contributed by atoms with E-state index in [1.165, 1.54) is 0 Å². The maximum Gasteiger partial charge on any atom is 0.217 e. The first-order valence-corrected chi connectivity index (χ1v) is 10.5. The number of hydrogen-bond acceptors (Lipinski definition) is 6. The highest BCUT2D eigenvalue weighted by molar-refractivity contribution is 7.91. The number of aromatic nitrogens is 3. The molecule has 2 aromatic heterocycles. The lowest BCUT2D eigenvalue weighted by atomic mass is 9.78. The van der Waals surface area contributed by atoms with Gasteiger partial charge in [-0.15, -0.1) is 5.10 Å². The number of hydrogen-bond donors (Lipinski definition) is 0. The van der Waals surface area contributed by atoms with Gasteiger partial charge < -0.3 is 9.32 Å². The van der Waals surface area contributed by atoms with Crippen molar-refractivity contribution in [2.45, 2.75) is 43.7 Å². The SMILES string of the molecule is CN(C)C1CC(c2nc(-c3ccco3)nn2C2(C)CCS(=O)(=O)C2)C1. The van der Waals surface area contributed by atoms with Gasteiger partial charge in [0.1, 0.15) is 5.82 Å². The summed E-state index contributed by atoms with van der Waals surface area (Å²) in [5, 5.41) is 4.68. The van der Waals surface area contributed by atoms with Crippen molar-refractivity contribution in [3.8, 4) is 11.6 Å². The monoisotopic (exact) mass is 364 g/mol. The molecule has 7 nitrogen and oxygen atoms in total. The van der Waals surface area contributed by atoms with Crippen LogP contribution in [-0.2, 0) is 15.4 Å². The van der Waals surface area contributed by atoms with Gasteiger partial charge in [-0.05, 0) is 52.4 Å². The largest absolute Gasteiger partial charge is 0.461 e. The van der Waals surface area contributed by atoms with Crippen molar-refractivity contribution < 1.29 is 12.8 Å². The van der Waals surface area contributed by atoms with Gasteiger partial charge in [-0.2, -0.15) is 0 Å². The van der Waals surface area contributed by atoms with Crippen LogP contribution in [0.5, 0.6) is 0 Å². The van der Waals surface area contributed by atoms with Gasteiger partial charge in [-0.3, -0.25) is 0 Å². The molecule has 3 heterocycles. The third kappa shape index (κ3) is 2.91. The van der Waals surface area contributed by atoms with E-state index in [0.29, 0.717) is 30.0 Å². The quantitative estimate of drug-likeness (QED) is 0.824. The summed E-state index contributed by atoms with van der Waals surface area (Å²) in [4.78, 5) is 6.98. The van der Waals surface area contributed by atoms with E-state index in [2.05, 4.69) is 24.1 Å². The highest BCUT2D eigenvalue weighted by atomic mass is 32.2. The maximum absolute atomic E-state index is 12.1. The zero-order chi connectivity index (χ0) is 17.8. The maximum atomic E-state index is 12.1. The predicted octanol–water partition coefficient (Wildman–Crippen LogP) is 1.88. The molecular weight excluding hydrogens is 340 g/mol. The number of furan rings is 1. The van der Waals surface area contributed by atoms with Crippen LogP contribution in [0.15, 0.2) is 22.8 Å². The van der Waals surface area contributed by atoms with Gasteiger partial charge in [0.15, 0.2) is 15.6 Å². The number of rotatable bonds is 4. The second-order valence-electron chi connectivity index (χ2n) is 7.81. The molecule has 2 aliphatic rings. The van der Waals surface area contributed by atoms with E-state index in [9.17, 15) is 8.42 Å². The molecule has 1 atom stereocenters. The summed E-state index contributed by atoms with van der Waals surface area (Å²) in [6.07, 6.45) is 4.22. The predicted molar refractivity (Wildman–Crippen MR) is 94.1 cm³/mol. The van der Waals surface area contributed by atoms with E-state index < -0.39 is 15.4 Å². The average molecular weight is 364 g/mol. The Balaban J connectivity index is 1.72. The summed E-state index contributed by atoms with van der Waals surface area (Å²) in [6, 6.07) is 4.19. The Morgan fingerprint density at radius 1 is 1.36 bits per heavy atom. The first kappa shape index (κ1) is 16.8. The molecule has 0 amide bonds. The Bertz CT molecular complexity index is 866. The summed E-state index contributed by atoms with van der Waals surface area (Å²) in [5.74, 6) is 2.70. The van der Waals surface area contributed by atoms with Gasteiger partial charge >= 0.3 is 0 Å². The van der Waals surface area contributed by atoms with Crippen molar-refractivity contribution in [2.24, 2.45) is 0 Å². The summed E-state index contributed by atoms with van der Waals surface area (Å²) in [7, 11) is 1.15. The highest BCUT2D eigenvalue weighted by Crippen LogP contribution is 2.42. The zero-order valence-electron chi connectivity index (χ0n) is 14.8. The normalized spacial score (nSPS) is 31.4. The number of nitrogens with zero attached hydrogens (tertiary/aromatic N) is 4. The van der Waals surface area contributed by atoms with Gasteiger partial charge in [0.05, 0.1) is 23.3 Å². The second-order valence-corrected chi connectivity index (χ2v) is 9.99. The molecule has 1 saturated carbocycles. The molecule has 8 heteroatoms. The molecule has 0 N–H and O–H groups in total. The minimum Gasteiger partial charge on any atom is -0.461 e. The molecule has 2 fully saturated rings. The molecule has 0 spiro atoms. The van der Waals surface area contributed by atoms with Gasteiger partial charge in [0.2, 0.25) is 5.82 Å². The third-order valence-corrected chi connectivity index (χ3v) is 7.46. The molecule has 2 aromatic rings. The fourth-order valence-corrected chi connectivity index (χ4v) is 5.99. The molecule has 1 aliphatic carbocycles. The molecule has 25 heavy (non-hydrogen) atoms. The van der Waals surface area contributed by atoms with Crippen LogP contribution < -0.4 is 0 Å². The molecule has 1 aliphatic heterocycles. The highest BCUT2D eigenvalue weighted by Gasteiger charge is 2.45. The van der Waals surface area contributed by atoms with Gasteiger partial charge in [0, 0.05) is 12.0 Å². The first-order chi connectivity index (χ1) is 11.8. The smallest absolute Gasteiger partial charge is 0.217 e. The van der Waals surface area contributed by atoms with Crippen LogP contribution >= 0.6 is 0 Å². The Kier molecular flexibility index (Phi) is 3.81. The molecule has 0 bridgehead atoms. The molecule has 136 valence electrons. The van der Waals surface area contributed by atoms with Crippen molar-refractivity contribution in [1.82, 2.24) is 19.7 Å². The molecule has 1 unspecified atom stereocenters. The van der Waals surface area contributed by atoms with Crippen LogP contribution in [0.1, 0.15) is 37.9 Å². The molecule has 1 saturated heterocycles. The Morgan fingerprint density at radius 2 is 2.12 bits per heavy atom. The minimum absolute atomic E-state index is 0.123. The summed E-state index contributed by atoms with van der Waals surface area (Å²) in [5.41, 5.74) is -0.533. The van der Waals surface area contributed by atoms with Crippen LogP contribution in [0.2, 0.25) is 0 Å². The lowest BCUT2D eigenvalue weighted by molar-refractivity contribution is 0.153. The minimum atomic E-state index is -3.02.